The number of hydrogen-bond acceptors (Lipinski definition) is 5. The van der Waals surface area contributed by atoms with Crippen LogP contribution in [0.4, 0.5) is 5.82 Å². The Balaban J connectivity index is 1.63. The summed E-state index contributed by atoms with van der Waals surface area (Å²) in [5.74, 6) is 0.843. The number of aromatic nitrogens is 2. The normalized spacial score (nSPS) is 16.7. The minimum atomic E-state index is -0.0444. The first-order chi connectivity index (χ1) is 13.1. The van der Waals surface area contributed by atoms with Gasteiger partial charge in [-0.3, -0.25) is 4.79 Å². The Morgan fingerprint density at radius 3 is 2.85 bits per heavy atom. The number of benzene rings is 2. The van der Waals surface area contributed by atoms with Gasteiger partial charge < -0.3 is 5.32 Å². The summed E-state index contributed by atoms with van der Waals surface area (Å²) in [7, 11) is 0. The number of rotatable bonds is 4. The lowest BCUT2D eigenvalue weighted by Crippen LogP contribution is -2.31. The van der Waals surface area contributed by atoms with Gasteiger partial charge in [-0.15, -0.1) is 0 Å². The third kappa shape index (κ3) is 3.51. The van der Waals surface area contributed by atoms with Gasteiger partial charge in [-0.2, -0.15) is 5.10 Å². The molecule has 6 heteroatoms. The number of fused-ring (bicyclic) bond motifs is 1. The largest absolute Gasteiger partial charge is 0.365 e. The van der Waals surface area contributed by atoms with Gasteiger partial charge in [0, 0.05) is 29.8 Å². The Morgan fingerprint density at radius 1 is 1.19 bits per heavy atom. The number of anilines is 1. The first-order valence-electron chi connectivity index (χ1n) is 9.02. The lowest BCUT2D eigenvalue weighted by Gasteiger charge is -2.19. The second-order valence-corrected chi connectivity index (χ2v) is 6.87. The molecule has 0 radical (unpaired) electrons. The van der Waals surface area contributed by atoms with Crippen molar-refractivity contribution in [3.63, 3.8) is 0 Å². The topological polar surface area (TPSA) is 79.3 Å². The highest BCUT2D eigenvalue weighted by atomic mass is 16.2. The molecule has 0 fully saturated rings. The summed E-state index contributed by atoms with van der Waals surface area (Å²) in [4.78, 5) is 20.3. The first-order valence-corrected chi connectivity index (χ1v) is 9.02. The van der Waals surface area contributed by atoms with E-state index in [0.717, 1.165) is 28.0 Å². The number of amides is 1. The lowest BCUT2D eigenvalue weighted by molar-refractivity contribution is -0.121. The monoisotopic (exact) mass is 359 g/mol. The molecule has 0 saturated carbocycles. The fraction of sp³-hybridized carbons (Fsp3) is 0.238. The van der Waals surface area contributed by atoms with Crippen molar-refractivity contribution in [3.05, 3.63) is 65.5 Å². The summed E-state index contributed by atoms with van der Waals surface area (Å²) in [5, 5.41) is 8.62. The quantitative estimate of drug-likeness (QED) is 0.748. The van der Waals surface area contributed by atoms with E-state index in [0.29, 0.717) is 13.0 Å². The minimum absolute atomic E-state index is 0.0444. The van der Waals surface area contributed by atoms with Crippen LogP contribution in [-0.2, 0) is 11.3 Å². The molecule has 27 heavy (non-hydrogen) atoms. The SMILES string of the molecule is Cc1ccccc1CNc1ncnc2cc(C3=NNC(=O)CC3C)ccc12. The molecule has 1 aliphatic heterocycles. The van der Waals surface area contributed by atoms with Crippen LogP contribution in [0, 0.1) is 12.8 Å². The summed E-state index contributed by atoms with van der Waals surface area (Å²) in [6.07, 6.45) is 2.02. The molecule has 0 saturated heterocycles. The molecule has 1 atom stereocenters. The van der Waals surface area contributed by atoms with E-state index in [2.05, 4.69) is 44.9 Å². The highest BCUT2D eigenvalue weighted by Gasteiger charge is 2.22. The van der Waals surface area contributed by atoms with Gasteiger partial charge >= 0.3 is 0 Å². The van der Waals surface area contributed by atoms with Crippen LogP contribution in [0.15, 0.2) is 53.9 Å². The first kappa shape index (κ1) is 17.1. The molecule has 1 amide bonds. The molecule has 0 bridgehead atoms. The van der Waals surface area contributed by atoms with Crippen molar-refractivity contribution < 1.29 is 4.79 Å². The second kappa shape index (κ2) is 7.15. The van der Waals surface area contributed by atoms with Crippen molar-refractivity contribution in [1.82, 2.24) is 15.4 Å². The smallest absolute Gasteiger partial charge is 0.240 e. The third-order valence-corrected chi connectivity index (χ3v) is 4.90. The van der Waals surface area contributed by atoms with Gasteiger partial charge in [-0.25, -0.2) is 15.4 Å². The Hall–Kier alpha value is -3.28. The molecular weight excluding hydrogens is 338 g/mol. The molecule has 136 valence electrons. The van der Waals surface area contributed by atoms with Crippen molar-refractivity contribution in [2.75, 3.05) is 5.32 Å². The predicted molar refractivity (Wildman–Crippen MR) is 107 cm³/mol. The Bertz CT molecular complexity index is 1040. The second-order valence-electron chi connectivity index (χ2n) is 6.87. The molecule has 2 heterocycles. The van der Waals surface area contributed by atoms with Gasteiger partial charge in [0.15, 0.2) is 0 Å². The summed E-state index contributed by atoms with van der Waals surface area (Å²) in [6, 6.07) is 14.3. The number of hydrazone groups is 1. The molecule has 1 aromatic heterocycles. The lowest BCUT2D eigenvalue weighted by atomic mass is 9.93. The highest BCUT2D eigenvalue weighted by molar-refractivity contribution is 6.07. The van der Waals surface area contributed by atoms with Crippen molar-refractivity contribution in [2.45, 2.75) is 26.8 Å². The van der Waals surface area contributed by atoms with E-state index in [1.165, 1.54) is 11.1 Å². The summed E-state index contributed by atoms with van der Waals surface area (Å²) >= 11 is 0. The van der Waals surface area contributed by atoms with Gasteiger partial charge in [-0.1, -0.05) is 37.3 Å². The summed E-state index contributed by atoms with van der Waals surface area (Å²) in [6.45, 7) is 4.82. The molecule has 4 rings (SSSR count). The molecule has 6 nitrogen and oxygen atoms in total. The third-order valence-electron chi connectivity index (χ3n) is 4.90. The van der Waals surface area contributed by atoms with Crippen LogP contribution < -0.4 is 10.7 Å². The Labute approximate surface area is 157 Å². The number of nitrogens with zero attached hydrogens (tertiary/aromatic N) is 3. The van der Waals surface area contributed by atoms with Crippen LogP contribution in [0.1, 0.15) is 30.0 Å². The Morgan fingerprint density at radius 2 is 2.04 bits per heavy atom. The van der Waals surface area contributed by atoms with Gasteiger partial charge in [0.1, 0.15) is 12.1 Å². The zero-order chi connectivity index (χ0) is 18.8. The maximum atomic E-state index is 11.5. The van der Waals surface area contributed by atoms with Crippen LogP contribution in [-0.4, -0.2) is 21.6 Å². The highest BCUT2D eigenvalue weighted by Crippen LogP contribution is 2.24. The van der Waals surface area contributed by atoms with Gasteiger partial charge in [0.05, 0.1) is 11.2 Å². The fourth-order valence-electron chi connectivity index (χ4n) is 3.35. The predicted octanol–water partition coefficient (Wildman–Crippen LogP) is 3.41. The van der Waals surface area contributed by atoms with E-state index in [1.807, 2.05) is 37.3 Å². The summed E-state index contributed by atoms with van der Waals surface area (Å²) < 4.78 is 0. The molecular formula is C21H21N5O. The molecule has 0 spiro atoms. The van der Waals surface area contributed by atoms with Gasteiger partial charge in [0.2, 0.25) is 5.91 Å². The molecule has 0 aliphatic carbocycles. The number of aryl methyl sites for hydroxylation is 1. The number of hydrogen-bond donors (Lipinski definition) is 2. The van der Waals surface area contributed by atoms with Crippen molar-refractivity contribution in [2.24, 2.45) is 11.0 Å². The van der Waals surface area contributed by atoms with Crippen LogP contribution in [0.5, 0.6) is 0 Å². The van der Waals surface area contributed by atoms with E-state index in [1.54, 1.807) is 6.33 Å². The number of nitrogens with one attached hydrogen (secondary N) is 2. The van der Waals surface area contributed by atoms with E-state index in [4.69, 9.17) is 0 Å². The molecule has 2 aromatic carbocycles. The molecule has 3 aromatic rings. The van der Waals surface area contributed by atoms with Gasteiger partial charge in [0.25, 0.3) is 0 Å². The summed E-state index contributed by atoms with van der Waals surface area (Å²) in [5.41, 5.74) is 7.75. The minimum Gasteiger partial charge on any atom is -0.365 e. The Kier molecular flexibility index (Phi) is 4.54. The zero-order valence-corrected chi connectivity index (χ0v) is 15.4. The fourth-order valence-corrected chi connectivity index (χ4v) is 3.35. The van der Waals surface area contributed by atoms with Crippen molar-refractivity contribution in [1.29, 1.82) is 0 Å². The average Bonchev–Trinajstić information content (AvgIpc) is 2.67. The standard InChI is InChI=1S/C21H21N5O/c1-13-5-3-4-6-16(13)11-22-21-17-8-7-15(10-18(17)23-12-24-21)20-14(2)9-19(27)25-26-20/h3-8,10,12,14H,9,11H2,1-2H3,(H,25,27)(H,22,23,24). The van der Waals surface area contributed by atoms with Crippen LogP contribution in [0.25, 0.3) is 10.9 Å². The zero-order valence-electron chi connectivity index (χ0n) is 15.4. The van der Waals surface area contributed by atoms with Crippen LogP contribution >= 0.6 is 0 Å². The van der Waals surface area contributed by atoms with E-state index >= 15 is 0 Å². The maximum Gasteiger partial charge on any atom is 0.240 e. The van der Waals surface area contributed by atoms with Crippen molar-refractivity contribution in [3.8, 4) is 0 Å². The van der Waals surface area contributed by atoms with E-state index < -0.39 is 0 Å². The molecule has 1 aliphatic rings. The molecule has 1 unspecified atom stereocenters. The van der Waals surface area contributed by atoms with Gasteiger partial charge in [-0.05, 0) is 30.2 Å². The van der Waals surface area contributed by atoms with E-state index in [-0.39, 0.29) is 11.8 Å². The van der Waals surface area contributed by atoms with E-state index in [9.17, 15) is 4.79 Å². The van der Waals surface area contributed by atoms with Crippen LogP contribution in [0.2, 0.25) is 0 Å². The average molecular weight is 359 g/mol. The number of carbonyl (C=O) groups excluding carboxylic acids is 1. The molecule has 2 N–H and O–H groups in total. The van der Waals surface area contributed by atoms with Crippen LogP contribution in [0.3, 0.4) is 0 Å². The maximum absolute atomic E-state index is 11.5. The number of carbonyl (C=O) groups is 1. The van der Waals surface area contributed by atoms with Crippen molar-refractivity contribution >= 4 is 28.3 Å².